The second kappa shape index (κ2) is 7.41. The standard InChI is InChI=1S/C16H21NO2S/c1-3-9-17(11-16(18)19-4-2)10-13-12-20-15-8-6-5-7-14(13)15/h5-8,12H,3-4,9-11H2,1-2H3. The molecule has 0 aliphatic rings. The van der Waals surface area contributed by atoms with Gasteiger partial charge in [0.05, 0.1) is 13.2 Å². The summed E-state index contributed by atoms with van der Waals surface area (Å²) in [5.41, 5.74) is 1.29. The van der Waals surface area contributed by atoms with E-state index in [4.69, 9.17) is 4.74 Å². The molecule has 2 aromatic rings. The summed E-state index contributed by atoms with van der Waals surface area (Å²) in [6.07, 6.45) is 1.03. The van der Waals surface area contributed by atoms with Gasteiger partial charge in [-0.3, -0.25) is 9.69 Å². The summed E-state index contributed by atoms with van der Waals surface area (Å²) in [6.45, 7) is 6.49. The van der Waals surface area contributed by atoms with E-state index in [1.165, 1.54) is 15.6 Å². The second-order valence-electron chi connectivity index (χ2n) is 4.77. The maximum absolute atomic E-state index is 11.7. The summed E-state index contributed by atoms with van der Waals surface area (Å²) in [4.78, 5) is 13.8. The number of hydrogen-bond acceptors (Lipinski definition) is 4. The van der Waals surface area contributed by atoms with Crippen LogP contribution in [0, 0.1) is 0 Å². The van der Waals surface area contributed by atoms with Gasteiger partial charge in [0, 0.05) is 11.2 Å². The number of nitrogens with zero attached hydrogens (tertiary/aromatic N) is 1. The Bertz CT molecular complexity index is 564. The highest BCUT2D eigenvalue weighted by Gasteiger charge is 2.13. The van der Waals surface area contributed by atoms with Gasteiger partial charge in [-0.05, 0) is 42.3 Å². The Morgan fingerprint density at radius 1 is 1.30 bits per heavy atom. The van der Waals surface area contributed by atoms with Crippen molar-refractivity contribution in [3.8, 4) is 0 Å². The van der Waals surface area contributed by atoms with Crippen molar-refractivity contribution in [2.24, 2.45) is 0 Å². The molecule has 0 bridgehead atoms. The van der Waals surface area contributed by atoms with E-state index in [0.29, 0.717) is 13.2 Å². The molecule has 4 heteroatoms. The van der Waals surface area contributed by atoms with Crippen LogP contribution in [-0.4, -0.2) is 30.6 Å². The Labute approximate surface area is 124 Å². The second-order valence-corrected chi connectivity index (χ2v) is 5.68. The number of carbonyl (C=O) groups is 1. The SMILES string of the molecule is CCCN(CC(=O)OCC)Cc1csc2ccccc12. The normalized spacial score (nSPS) is 11.2. The number of fused-ring (bicyclic) bond motifs is 1. The minimum absolute atomic E-state index is 0.138. The predicted octanol–water partition coefficient (Wildman–Crippen LogP) is 3.68. The van der Waals surface area contributed by atoms with Gasteiger partial charge in [0.25, 0.3) is 0 Å². The number of thiophene rings is 1. The number of ether oxygens (including phenoxy) is 1. The highest BCUT2D eigenvalue weighted by Crippen LogP contribution is 2.26. The summed E-state index contributed by atoms with van der Waals surface area (Å²) in [5, 5.41) is 3.49. The average Bonchev–Trinajstić information content (AvgIpc) is 2.83. The first-order valence-corrected chi connectivity index (χ1v) is 7.95. The summed E-state index contributed by atoms with van der Waals surface area (Å²) in [5.74, 6) is -0.138. The molecule has 2 rings (SSSR count). The van der Waals surface area contributed by atoms with E-state index in [9.17, 15) is 4.79 Å². The van der Waals surface area contributed by atoms with Crippen LogP contribution in [0.3, 0.4) is 0 Å². The van der Waals surface area contributed by atoms with E-state index >= 15 is 0 Å². The third-order valence-electron chi connectivity index (χ3n) is 3.15. The molecule has 1 aromatic carbocycles. The molecule has 1 heterocycles. The van der Waals surface area contributed by atoms with Crippen molar-refractivity contribution < 1.29 is 9.53 Å². The van der Waals surface area contributed by atoms with Gasteiger partial charge in [0.1, 0.15) is 0 Å². The van der Waals surface area contributed by atoms with Crippen molar-refractivity contribution in [1.29, 1.82) is 0 Å². The highest BCUT2D eigenvalue weighted by molar-refractivity contribution is 7.17. The van der Waals surface area contributed by atoms with E-state index in [0.717, 1.165) is 19.5 Å². The molecule has 0 spiro atoms. The third-order valence-corrected chi connectivity index (χ3v) is 4.17. The van der Waals surface area contributed by atoms with Crippen LogP contribution in [-0.2, 0) is 16.1 Å². The topological polar surface area (TPSA) is 29.5 Å². The molecule has 0 fully saturated rings. The monoisotopic (exact) mass is 291 g/mol. The lowest BCUT2D eigenvalue weighted by Gasteiger charge is -2.20. The van der Waals surface area contributed by atoms with Crippen LogP contribution in [0.2, 0.25) is 0 Å². The highest BCUT2D eigenvalue weighted by atomic mass is 32.1. The Kier molecular flexibility index (Phi) is 5.56. The fourth-order valence-electron chi connectivity index (χ4n) is 2.32. The first-order valence-electron chi connectivity index (χ1n) is 7.07. The van der Waals surface area contributed by atoms with Gasteiger partial charge in [0.15, 0.2) is 0 Å². The lowest BCUT2D eigenvalue weighted by atomic mass is 10.1. The molecular weight excluding hydrogens is 270 g/mol. The number of carbonyl (C=O) groups excluding carboxylic acids is 1. The zero-order chi connectivity index (χ0) is 14.4. The first kappa shape index (κ1) is 15.0. The zero-order valence-electron chi connectivity index (χ0n) is 12.1. The lowest BCUT2D eigenvalue weighted by Crippen LogP contribution is -2.31. The van der Waals surface area contributed by atoms with E-state index in [-0.39, 0.29) is 5.97 Å². The Balaban J connectivity index is 2.09. The third kappa shape index (κ3) is 3.81. The summed E-state index contributed by atoms with van der Waals surface area (Å²) in [6, 6.07) is 8.41. The first-order chi connectivity index (χ1) is 9.74. The predicted molar refractivity (Wildman–Crippen MR) is 84.0 cm³/mol. The van der Waals surface area contributed by atoms with Gasteiger partial charge >= 0.3 is 5.97 Å². The molecule has 20 heavy (non-hydrogen) atoms. The molecule has 1 aromatic heterocycles. The Hall–Kier alpha value is -1.39. The van der Waals surface area contributed by atoms with Crippen LogP contribution in [0.5, 0.6) is 0 Å². The van der Waals surface area contributed by atoms with Gasteiger partial charge in [-0.2, -0.15) is 0 Å². The fraction of sp³-hybridized carbons (Fsp3) is 0.438. The van der Waals surface area contributed by atoms with Crippen molar-refractivity contribution in [3.63, 3.8) is 0 Å². The Morgan fingerprint density at radius 3 is 2.85 bits per heavy atom. The number of rotatable bonds is 7. The van der Waals surface area contributed by atoms with E-state index in [2.05, 4.69) is 41.5 Å². The molecular formula is C16H21NO2S. The molecule has 3 nitrogen and oxygen atoms in total. The molecule has 0 amide bonds. The van der Waals surface area contributed by atoms with E-state index in [1.807, 2.05) is 6.92 Å². The lowest BCUT2D eigenvalue weighted by molar-refractivity contribution is -0.144. The Morgan fingerprint density at radius 2 is 2.10 bits per heavy atom. The van der Waals surface area contributed by atoms with E-state index < -0.39 is 0 Å². The smallest absolute Gasteiger partial charge is 0.320 e. The van der Waals surface area contributed by atoms with Crippen LogP contribution >= 0.6 is 11.3 Å². The molecule has 0 N–H and O–H groups in total. The van der Waals surface area contributed by atoms with Crippen molar-refractivity contribution in [1.82, 2.24) is 4.90 Å². The number of benzene rings is 1. The van der Waals surface area contributed by atoms with Gasteiger partial charge in [-0.15, -0.1) is 11.3 Å². The number of esters is 1. The maximum atomic E-state index is 11.7. The van der Waals surface area contributed by atoms with Crippen LogP contribution in [0.25, 0.3) is 10.1 Å². The quantitative estimate of drug-likeness (QED) is 0.729. The molecule has 0 radical (unpaired) electrons. The van der Waals surface area contributed by atoms with Gasteiger partial charge < -0.3 is 4.74 Å². The molecule has 0 unspecified atom stereocenters. The van der Waals surface area contributed by atoms with Gasteiger partial charge in [-0.25, -0.2) is 0 Å². The largest absolute Gasteiger partial charge is 0.465 e. The van der Waals surface area contributed by atoms with Gasteiger partial charge in [0.2, 0.25) is 0 Å². The molecule has 0 aliphatic carbocycles. The van der Waals surface area contributed by atoms with Crippen LogP contribution in [0.1, 0.15) is 25.8 Å². The molecule has 0 aliphatic heterocycles. The zero-order valence-corrected chi connectivity index (χ0v) is 12.9. The van der Waals surface area contributed by atoms with Crippen molar-refractivity contribution in [2.45, 2.75) is 26.8 Å². The minimum Gasteiger partial charge on any atom is -0.465 e. The summed E-state index contributed by atoms with van der Waals surface area (Å²) in [7, 11) is 0. The van der Waals surface area contributed by atoms with Crippen molar-refractivity contribution in [2.75, 3.05) is 19.7 Å². The molecule has 0 saturated heterocycles. The van der Waals surface area contributed by atoms with Crippen LogP contribution in [0.15, 0.2) is 29.6 Å². The van der Waals surface area contributed by atoms with E-state index in [1.54, 1.807) is 11.3 Å². The minimum atomic E-state index is -0.138. The summed E-state index contributed by atoms with van der Waals surface area (Å²) >= 11 is 1.76. The fourth-order valence-corrected chi connectivity index (χ4v) is 3.27. The summed E-state index contributed by atoms with van der Waals surface area (Å²) < 4.78 is 6.35. The maximum Gasteiger partial charge on any atom is 0.320 e. The van der Waals surface area contributed by atoms with Crippen LogP contribution < -0.4 is 0 Å². The van der Waals surface area contributed by atoms with Gasteiger partial charge in [-0.1, -0.05) is 25.1 Å². The van der Waals surface area contributed by atoms with Crippen molar-refractivity contribution >= 4 is 27.4 Å². The molecule has 0 saturated carbocycles. The van der Waals surface area contributed by atoms with Crippen LogP contribution in [0.4, 0.5) is 0 Å². The average molecular weight is 291 g/mol. The molecule has 108 valence electrons. The molecule has 0 atom stereocenters. The van der Waals surface area contributed by atoms with Crippen molar-refractivity contribution in [3.05, 3.63) is 35.2 Å². The number of hydrogen-bond donors (Lipinski definition) is 0.